The molecule has 0 aliphatic heterocycles. The van der Waals surface area contributed by atoms with Gasteiger partial charge in [0.05, 0.1) is 0 Å². The molecule has 0 spiro atoms. The van der Waals surface area contributed by atoms with Gasteiger partial charge in [-0.2, -0.15) is 0 Å². The molecule has 0 aromatic rings. The molecule has 0 aromatic heterocycles. The lowest BCUT2D eigenvalue weighted by atomic mass is 10.2. The number of methoxy groups -OCH3 is 1. The molecule has 0 aliphatic rings. The third-order valence-corrected chi connectivity index (χ3v) is 2.68. The first-order valence-electron chi connectivity index (χ1n) is 6.65. The molecule has 0 rings (SSSR count). The van der Waals surface area contributed by atoms with Gasteiger partial charge in [-0.25, -0.2) is 0 Å². The molecule has 1 atom stereocenters. The van der Waals surface area contributed by atoms with Gasteiger partial charge in [-0.1, -0.05) is 26.7 Å². The molecule has 3 heteroatoms. The molecular formula is C13H29NO2. The van der Waals surface area contributed by atoms with Gasteiger partial charge in [0.25, 0.3) is 0 Å². The quantitative estimate of drug-likeness (QED) is 0.510. The summed E-state index contributed by atoms with van der Waals surface area (Å²) in [6.07, 6.45) is 4.93. The van der Waals surface area contributed by atoms with Crippen molar-refractivity contribution in [2.45, 2.75) is 52.7 Å². The molecule has 0 bridgehead atoms. The summed E-state index contributed by atoms with van der Waals surface area (Å²) in [5.41, 5.74) is 0. The first-order chi connectivity index (χ1) is 7.78. The fraction of sp³-hybridized carbons (Fsp3) is 1.00. The molecule has 0 heterocycles. The normalized spacial score (nSPS) is 13.3. The summed E-state index contributed by atoms with van der Waals surface area (Å²) in [6.45, 7) is 10.4. The molecule has 0 radical (unpaired) electrons. The van der Waals surface area contributed by atoms with E-state index < -0.39 is 0 Å². The monoisotopic (exact) mass is 231 g/mol. The van der Waals surface area contributed by atoms with Gasteiger partial charge in [-0.05, 0) is 32.9 Å². The summed E-state index contributed by atoms with van der Waals surface area (Å²) in [5.74, 6) is 0. The second-order valence-electron chi connectivity index (χ2n) is 4.13. The average molecular weight is 231 g/mol. The minimum absolute atomic E-state index is 0.0706. The van der Waals surface area contributed by atoms with Crippen LogP contribution in [0.4, 0.5) is 0 Å². The van der Waals surface area contributed by atoms with Gasteiger partial charge in [0.1, 0.15) is 0 Å². The van der Waals surface area contributed by atoms with E-state index in [-0.39, 0.29) is 6.29 Å². The zero-order chi connectivity index (χ0) is 12.2. The maximum Gasteiger partial charge on any atom is 0.169 e. The van der Waals surface area contributed by atoms with Gasteiger partial charge in [0, 0.05) is 20.3 Å². The van der Waals surface area contributed by atoms with E-state index in [9.17, 15) is 0 Å². The van der Waals surface area contributed by atoms with Crippen molar-refractivity contribution in [3.05, 3.63) is 0 Å². The molecule has 1 unspecified atom stereocenters. The van der Waals surface area contributed by atoms with Crippen LogP contribution < -0.4 is 0 Å². The van der Waals surface area contributed by atoms with Crippen LogP contribution in [0.15, 0.2) is 0 Å². The van der Waals surface area contributed by atoms with E-state index in [1.54, 1.807) is 7.11 Å². The van der Waals surface area contributed by atoms with Gasteiger partial charge in [0.15, 0.2) is 6.29 Å². The fourth-order valence-electron chi connectivity index (χ4n) is 1.65. The van der Waals surface area contributed by atoms with Gasteiger partial charge < -0.3 is 9.47 Å². The van der Waals surface area contributed by atoms with Gasteiger partial charge in [-0.3, -0.25) is 4.90 Å². The molecule has 0 amide bonds. The molecule has 0 aromatic carbocycles. The third-order valence-electron chi connectivity index (χ3n) is 2.68. The third kappa shape index (κ3) is 8.08. The lowest BCUT2D eigenvalue weighted by molar-refractivity contribution is -0.132. The molecule has 3 nitrogen and oxygen atoms in total. The van der Waals surface area contributed by atoms with E-state index in [2.05, 4.69) is 18.7 Å². The van der Waals surface area contributed by atoms with E-state index in [4.69, 9.17) is 9.47 Å². The lowest BCUT2D eigenvalue weighted by Gasteiger charge is -2.26. The number of ether oxygens (including phenoxy) is 2. The van der Waals surface area contributed by atoms with Crippen LogP contribution in [0.3, 0.4) is 0 Å². The molecular weight excluding hydrogens is 202 g/mol. The summed E-state index contributed by atoms with van der Waals surface area (Å²) >= 11 is 0. The molecule has 0 saturated heterocycles. The summed E-state index contributed by atoms with van der Waals surface area (Å²) in [6, 6.07) is 0. The van der Waals surface area contributed by atoms with Crippen molar-refractivity contribution in [3.8, 4) is 0 Å². The van der Waals surface area contributed by atoms with E-state index in [0.29, 0.717) is 6.61 Å². The van der Waals surface area contributed by atoms with Crippen molar-refractivity contribution in [2.24, 2.45) is 0 Å². The Kier molecular flexibility index (Phi) is 11.3. The SMILES string of the molecule is CCCCN(CCCC)CC(OC)OCC. The predicted molar refractivity (Wildman–Crippen MR) is 68.7 cm³/mol. The van der Waals surface area contributed by atoms with E-state index in [1.807, 2.05) is 6.92 Å². The fourth-order valence-corrected chi connectivity index (χ4v) is 1.65. The summed E-state index contributed by atoms with van der Waals surface area (Å²) in [4.78, 5) is 2.46. The van der Waals surface area contributed by atoms with E-state index in [0.717, 1.165) is 19.6 Å². The molecule has 0 fully saturated rings. The van der Waals surface area contributed by atoms with Gasteiger partial charge in [-0.15, -0.1) is 0 Å². The van der Waals surface area contributed by atoms with Crippen LogP contribution in [-0.4, -0.2) is 44.5 Å². The maximum absolute atomic E-state index is 5.52. The van der Waals surface area contributed by atoms with Crippen LogP contribution in [0.2, 0.25) is 0 Å². The van der Waals surface area contributed by atoms with Crippen LogP contribution in [-0.2, 0) is 9.47 Å². The second kappa shape index (κ2) is 11.4. The van der Waals surface area contributed by atoms with Crippen molar-refractivity contribution in [1.82, 2.24) is 4.90 Å². The molecule has 98 valence electrons. The van der Waals surface area contributed by atoms with Crippen LogP contribution in [0.5, 0.6) is 0 Å². The second-order valence-corrected chi connectivity index (χ2v) is 4.13. The Morgan fingerprint density at radius 2 is 1.56 bits per heavy atom. The highest BCUT2D eigenvalue weighted by Crippen LogP contribution is 2.03. The zero-order valence-electron chi connectivity index (χ0n) is 11.5. The predicted octanol–water partition coefficient (Wildman–Crippen LogP) is 2.90. The minimum Gasteiger partial charge on any atom is -0.355 e. The van der Waals surface area contributed by atoms with Crippen molar-refractivity contribution in [2.75, 3.05) is 33.4 Å². The van der Waals surface area contributed by atoms with Crippen molar-refractivity contribution < 1.29 is 9.47 Å². The Bertz CT molecular complexity index is 134. The Balaban J connectivity index is 3.94. The van der Waals surface area contributed by atoms with Crippen LogP contribution >= 0.6 is 0 Å². The van der Waals surface area contributed by atoms with Gasteiger partial charge in [0.2, 0.25) is 0 Å². The summed E-state index contributed by atoms with van der Waals surface area (Å²) in [5, 5.41) is 0. The highest BCUT2D eigenvalue weighted by molar-refractivity contribution is 4.60. The number of rotatable bonds is 11. The first-order valence-corrected chi connectivity index (χ1v) is 6.65. The number of nitrogens with zero attached hydrogens (tertiary/aromatic N) is 1. The Morgan fingerprint density at radius 3 is 1.94 bits per heavy atom. The zero-order valence-corrected chi connectivity index (χ0v) is 11.5. The Labute approximate surface area is 101 Å². The molecule has 0 N–H and O–H groups in total. The van der Waals surface area contributed by atoms with Crippen LogP contribution in [0.25, 0.3) is 0 Å². The largest absolute Gasteiger partial charge is 0.355 e. The Hall–Kier alpha value is -0.120. The smallest absolute Gasteiger partial charge is 0.169 e. The van der Waals surface area contributed by atoms with Crippen molar-refractivity contribution in [3.63, 3.8) is 0 Å². The van der Waals surface area contributed by atoms with Crippen LogP contribution in [0, 0.1) is 0 Å². The molecule has 0 saturated carbocycles. The van der Waals surface area contributed by atoms with E-state index in [1.165, 1.54) is 25.7 Å². The maximum atomic E-state index is 5.52. The topological polar surface area (TPSA) is 21.7 Å². The summed E-state index contributed by atoms with van der Waals surface area (Å²) < 4.78 is 10.8. The summed E-state index contributed by atoms with van der Waals surface area (Å²) in [7, 11) is 1.72. The van der Waals surface area contributed by atoms with Crippen LogP contribution in [0.1, 0.15) is 46.5 Å². The Morgan fingerprint density at radius 1 is 1.00 bits per heavy atom. The minimum atomic E-state index is -0.0706. The highest BCUT2D eigenvalue weighted by atomic mass is 16.7. The van der Waals surface area contributed by atoms with Crippen molar-refractivity contribution >= 4 is 0 Å². The molecule has 16 heavy (non-hydrogen) atoms. The average Bonchev–Trinajstić information content (AvgIpc) is 2.31. The number of hydrogen-bond donors (Lipinski definition) is 0. The number of hydrogen-bond acceptors (Lipinski definition) is 3. The highest BCUT2D eigenvalue weighted by Gasteiger charge is 2.12. The standard InChI is InChI=1S/C13H29NO2/c1-5-8-10-14(11-9-6-2)12-13(15-4)16-7-3/h13H,5-12H2,1-4H3. The first kappa shape index (κ1) is 15.9. The molecule has 0 aliphatic carbocycles. The van der Waals surface area contributed by atoms with Gasteiger partial charge >= 0.3 is 0 Å². The van der Waals surface area contributed by atoms with Crippen molar-refractivity contribution in [1.29, 1.82) is 0 Å². The lowest BCUT2D eigenvalue weighted by Crippen LogP contribution is -2.36. The number of unbranched alkanes of at least 4 members (excludes halogenated alkanes) is 2. The van der Waals surface area contributed by atoms with E-state index >= 15 is 0 Å².